The first-order valence-electron chi connectivity index (χ1n) is 8.54. The first-order valence-corrected chi connectivity index (χ1v) is 8.54. The average Bonchev–Trinajstić information content (AvgIpc) is 3.24. The molecule has 3 rings (SSSR count). The molecule has 0 unspecified atom stereocenters. The van der Waals surface area contributed by atoms with Crippen molar-refractivity contribution in [2.45, 2.75) is 0 Å². The summed E-state index contributed by atoms with van der Waals surface area (Å²) in [6, 6.07) is 11.9. The highest BCUT2D eigenvalue weighted by atomic mass is 16.5. The highest BCUT2D eigenvalue weighted by molar-refractivity contribution is 5.94. The first-order chi connectivity index (χ1) is 14.1. The van der Waals surface area contributed by atoms with E-state index in [0.717, 1.165) is 5.56 Å². The lowest BCUT2D eigenvalue weighted by atomic mass is 10.1. The molecule has 0 aliphatic heterocycles. The van der Waals surface area contributed by atoms with Crippen molar-refractivity contribution in [3.8, 4) is 34.3 Å². The molecule has 3 N–H and O–H groups in total. The largest absolute Gasteiger partial charge is 0.504 e. The summed E-state index contributed by atoms with van der Waals surface area (Å²) in [4.78, 5) is 12.3. The number of hydrogen-bond acceptors (Lipinski definition) is 7. The monoisotopic (exact) mass is 396 g/mol. The highest BCUT2D eigenvalue weighted by Crippen LogP contribution is 2.31. The van der Waals surface area contributed by atoms with E-state index in [9.17, 15) is 9.90 Å². The Morgan fingerprint density at radius 1 is 1.07 bits per heavy atom. The predicted octanol–water partition coefficient (Wildman–Crippen LogP) is 2.57. The van der Waals surface area contributed by atoms with Gasteiger partial charge in [0.05, 0.1) is 33.2 Å². The van der Waals surface area contributed by atoms with Crippen LogP contribution in [0.25, 0.3) is 11.3 Å². The Morgan fingerprint density at radius 3 is 2.55 bits per heavy atom. The number of carbonyl (C=O) groups excluding carboxylic acids is 1. The summed E-state index contributed by atoms with van der Waals surface area (Å²) >= 11 is 0. The van der Waals surface area contributed by atoms with Crippen molar-refractivity contribution in [1.82, 2.24) is 15.6 Å². The average molecular weight is 396 g/mol. The molecule has 9 heteroatoms. The van der Waals surface area contributed by atoms with E-state index in [0.29, 0.717) is 28.5 Å². The van der Waals surface area contributed by atoms with Gasteiger partial charge in [-0.15, -0.1) is 0 Å². The van der Waals surface area contributed by atoms with Gasteiger partial charge in [0.15, 0.2) is 23.0 Å². The van der Waals surface area contributed by atoms with Crippen molar-refractivity contribution in [1.29, 1.82) is 0 Å². The van der Waals surface area contributed by atoms with E-state index in [2.05, 4.69) is 20.7 Å². The zero-order chi connectivity index (χ0) is 20.8. The molecule has 1 heterocycles. The number of aromatic hydroxyl groups is 1. The van der Waals surface area contributed by atoms with Gasteiger partial charge in [0.1, 0.15) is 5.69 Å². The number of hydrazone groups is 1. The highest BCUT2D eigenvalue weighted by Gasteiger charge is 2.13. The third-order valence-corrected chi connectivity index (χ3v) is 4.12. The van der Waals surface area contributed by atoms with Gasteiger partial charge in [-0.2, -0.15) is 10.2 Å². The molecular formula is C20H20N4O5. The van der Waals surface area contributed by atoms with Crippen LogP contribution in [0, 0.1) is 0 Å². The molecule has 0 aliphatic rings. The normalized spacial score (nSPS) is 10.7. The standard InChI is InChI=1S/C20H20N4O5/c1-27-16-8-7-12(9-18(16)29-3)14-10-15(23-22-14)20(26)24-21-11-13-5-4-6-17(28-2)19(13)25/h4-11,25H,1-3H3,(H,22,23)(H,24,26). The van der Waals surface area contributed by atoms with Crippen LogP contribution in [0.1, 0.15) is 16.1 Å². The van der Waals surface area contributed by atoms with Crippen LogP contribution < -0.4 is 19.6 Å². The number of nitrogens with one attached hydrogen (secondary N) is 2. The van der Waals surface area contributed by atoms with Gasteiger partial charge >= 0.3 is 0 Å². The number of ether oxygens (including phenoxy) is 3. The summed E-state index contributed by atoms with van der Waals surface area (Å²) in [5.41, 5.74) is 4.32. The lowest BCUT2D eigenvalue weighted by Gasteiger charge is -2.08. The number of carbonyl (C=O) groups is 1. The molecule has 2 aromatic carbocycles. The molecule has 1 aromatic heterocycles. The smallest absolute Gasteiger partial charge is 0.289 e. The Hall–Kier alpha value is -4.01. The summed E-state index contributed by atoms with van der Waals surface area (Å²) in [6.07, 6.45) is 1.32. The predicted molar refractivity (Wildman–Crippen MR) is 107 cm³/mol. The molecule has 9 nitrogen and oxygen atoms in total. The van der Waals surface area contributed by atoms with E-state index in [1.165, 1.54) is 13.3 Å². The third-order valence-electron chi connectivity index (χ3n) is 4.12. The van der Waals surface area contributed by atoms with Gasteiger partial charge in [-0.3, -0.25) is 9.89 Å². The van der Waals surface area contributed by atoms with Crippen LogP contribution in [-0.2, 0) is 0 Å². The van der Waals surface area contributed by atoms with E-state index in [-0.39, 0.29) is 11.4 Å². The molecule has 0 spiro atoms. The first kappa shape index (κ1) is 19.7. The van der Waals surface area contributed by atoms with Crippen LogP contribution in [0.4, 0.5) is 0 Å². The second kappa shape index (κ2) is 8.79. The van der Waals surface area contributed by atoms with Crippen molar-refractivity contribution in [2.75, 3.05) is 21.3 Å². The van der Waals surface area contributed by atoms with E-state index >= 15 is 0 Å². The molecule has 150 valence electrons. The Labute approximate surface area is 166 Å². The van der Waals surface area contributed by atoms with Crippen molar-refractivity contribution in [3.63, 3.8) is 0 Å². The minimum absolute atomic E-state index is 0.0646. The maximum absolute atomic E-state index is 12.3. The topological polar surface area (TPSA) is 118 Å². The Balaban J connectivity index is 1.71. The number of amides is 1. The van der Waals surface area contributed by atoms with Crippen LogP contribution in [-0.4, -0.2) is 48.8 Å². The van der Waals surface area contributed by atoms with E-state index in [1.807, 2.05) is 6.07 Å². The second-order valence-electron chi connectivity index (χ2n) is 5.83. The fourth-order valence-electron chi connectivity index (χ4n) is 2.61. The van der Waals surface area contributed by atoms with Crippen LogP contribution in [0.15, 0.2) is 47.6 Å². The summed E-state index contributed by atoms with van der Waals surface area (Å²) in [5, 5.41) is 20.7. The number of aromatic amines is 1. The number of rotatable bonds is 7. The van der Waals surface area contributed by atoms with Gasteiger partial charge in [0.2, 0.25) is 0 Å². The van der Waals surface area contributed by atoms with Gasteiger partial charge in [-0.05, 0) is 36.4 Å². The number of para-hydroxylation sites is 1. The molecule has 0 aliphatic carbocycles. The van der Waals surface area contributed by atoms with Crippen LogP contribution in [0.2, 0.25) is 0 Å². The van der Waals surface area contributed by atoms with Gasteiger partial charge < -0.3 is 19.3 Å². The zero-order valence-corrected chi connectivity index (χ0v) is 16.1. The van der Waals surface area contributed by atoms with Crippen molar-refractivity contribution >= 4 is 12.1 Å². The van der Waals surface area contributed by atoms with Crippen molar-refractivity contribution in [3.05, 3.63) is 53.7 Å². The van der Waals surface area contributed by atoms with E-state index in [1.54, 1.807) is 50.6 Å². The number of H-pyrrole nitrogens is 1. The minimum atomic E-state index is -0.483. The fourth-order valence-corrected chi connectivity index (χ4v) is 2.61. The number of phenolic OH excluding ortho intramolecular Hbond substituents is 1. The molecule has 0 radical (unpaired) electrons. The fraction of sp³-hybridized carbons (Fsp3) is 0.150. The Bertz CT molecular complexity index is 1050. The van der Waals surface area contributed by atoms with Gasteiger partial charge in [-0.1, -0.05) is 6.07 Å². The summed E-state index contributed by atoms with van der Waals surface area (Å²) < 4.78 is 15.5. The maximum atomic E-state index is 12.3. The summed E-state index contributed by atoms with van der Waals surface area (Å²) in [7, 11) is 4.55. The van der Waals surface area contributed by atoms with Gasteiger partial charge in [-0.25, -0.2) is 5.43 Å². The van der Waals surface area contributed by atoms with Gasteiger partial charge in [0, 0.05) is 11.1 Å². The molecule has 0 saturated heterocycles. The maximum Gasteiger partial charge on any atom is 0.289 e. The number of benzene rings is 2. The van der Waals surface area contributed by atoms with Gasteiger partial charge in [0.25, 0.3) is 5.91 Å². The van der Waals surface area contributed by atoms with E-state index in [4.69, 9.17) is 14.2 Å². The Kier molecular flexibility index (Phi) is 5.98. The molecule has 0 saturated carbocycles. The van der Waals surface area contributed by atoms with Crippen molar-refractivity contribution in [2.24, 2.45) is 5.10 Å². The zero-order valence-electron chi connectivity index (χ0n) is 16.1. The molecule has 0 atom stereocenters. The SMILES string of the molecule is COc1ccc(-c2cc(C(=O)NN=Cc3cccc(OC)c3O)[nH]n2)cc1OC. The molecular weight excluding hydrogens is 376 g/mol. The number of hydrogen-bond donors (Lipinski definition) is 3. The van der Waals surface area contributed by atoms with Crippen LogP contribution in [0.5, 0.6) is 23.0 Å². The lowest BCUT2D eigenvalue weighted by molar-refractivity contribution is 0.0950. The Morgan fingerprint density at radius 2 is 1.83 bits per heavy atom. The molecule has 1 amide bonds. The minimum Gasteiger partial charge on any atom is -0.504 e. The summed E-state index contributed by atoms with van der Waals surface area (Å²) in [5.74, 6) is 0.920. The van der Waals surface area contributed by atoms with E-state index < -0.39 is 5.91 Å². The number of nitrogens with zero attached hydrogens (tertiary/aromatic N) is 2. The van der Waals surface area contributed by atoms with Crippen molar-refractivity contribution < 1.29 is 24.1 Å². The number of aromatic nitrogens is 2. The number of phenols is 1. The molecule has 3 aromatic rings. The van der Waals surface area contributed by atoms with Crippen LogP contribution in [0.3, 0.4) is 0 Å². The lowest BCUT2D eigenvalue weighted by Crippen LogP contribution is -2.18. The quantitative estimate of drug-likeness (QED) is 0.417. The number of methoxy groups -OCH3 is 3. The third kappa shape index (κ3) is 4.29. The summed E-state index contributed by atoms with van der Waals surface area (Å²) in [6.45, 7) is 0. The van der Waals surface area contributed by atoms with Crippen LogP contribution >= 0.6 is 0 Å². The molecule has 29 heavy (non-hydrogen) atoms. The second-order valence-corrected chi connectivity index (χ2v) is 5.83. The molecule has 0 fully saturated rings. The molecule has 0 bridgehead atoms.